The van der Waals surface area contributed by atoms with Gasteiger partial charge in [0, 0.05) is 11.7 Å². The first-order valence-electron chi connectivity index (χ1n) is 6.01. The molecule has 1 saturated heterocycles. The number of amides is 1. The van der Waals surface area contributed by atoms with Gasteiger partial charge in [0.15, 0.2) is 0 Å². The topological polar surface area (TPSA) is 55.4 Å². The Bertz CT molecular complexity index is 289. The highest BCUT2D eigenvalue weighted by Gasteiger charge is 2.37. The van der Waals surface area contributed by atoms with Gasteiger partial charge in [-0.2, -0.15) is 11.8 Å². The molecule has 0 aliphatic carbocycles. The Kier molecular flexibility index (Phi) is 5.31. The fraction of sp³-hybridized carbons (Fsp3) is 0.833. The molecule has 1 N–H and O–H groups in total. The minimum atomic E-state index is -0.881. The molecule has 4 nitrogen and oxygen atoms in total. The molecule has 5 heteroatoms. The molecule has 0 aromatic heterocycles. The zero-order valence-corrected chi connectivity index (χ0v) is 11.6. The lowest BCUT2D eigenvalue weighted by Crippen LogP contribution is -2.54. The van der Waals surface area contributed by atoms with Gasteiger partial charge in [0.25, 0.3) is 0 Å². The summed E-state index contributed by atoms with van der Waals surface area (Å²) in [6.07, 6.45) is 2.33. The van der Waals surface area contributed by atoms with Crippen LogP contribution in [0.2, 0.25) is 0 Å². The van der Waals surface area contributed by atoms with Gasteiger partial charge >= 0.3 is 5.97 Å². The van der Waals surface area contributed by atoms with Gasteiger partial charge in [0.05, 0.1) is 7.11 Å². The summed E-state index contributed by atoms with van der Waals surface area (Å²) in [5, 5.41) is 2.86. The summed E-state index contributed by atoms with van der Waals surface area (Å²) in [6.45, 7) is 3.72. The number of carbonyl (C=O) groups excluding carboxylic acids is 2. The Hall–Kier alpha value is -0.710. The van der Waals surface area contributed by atoms with Crippen molar-refractivity contribution in [1.82, 2.24) is 5.32 Å². The van der Waals surface area contributed by atoms with Gasteiger partial charge in [-0.15, -0.1) is 0 Å². The van der Waals surface area contributed by atoms with Crippen molar-refractivity contribution in [2.24, 2.45) is 5.92 Å². The second-order valence-corrected chi connectivity index (χ2v) is 5.77. The molecule has 1 aliphatic rings. The molecule has 1 fully saturated rings. The Labute approximate surface area is 107 Å². The summed E-state index contributed by atoms with van der Waals surface area (Å²) in [5.41, 5.74) is -0.881. The molecule has 1 amide bonds. The minimum Gasteiger partial charge on any atom is -0.467 e. The number of carbonyl (C=O) groups is 2. The molecule has 1 aliphatic heterocycles. The van der Waals surface area contributed by atoms with Crippen LogP contribution < -0.4 is 5.32 Å². The minimum absolute atomic E-state index is 0.0173. The monoisotopic (exact) mass is 259 g/mol. The average molecular weight is 259 g/mol. The number of esters is 1. The Morgan fingerprint density at radius 3 is 2.71 bits per heavy atom. The summed E-state index contributed by atoms with van der Waals surface area (Å²) in [6, 6.07) is 0. The number of thioether (sulfide) groups is 1. The van der Waals surface area contributed by atoms with Crippen molar-refractivity contribution < 1.29 is 14.3 Å². The number of ether oxygens (including phenoxy) is 1. The number of nitrogens with one attached hydrogen (secondary N) is 1. The molecule has 1 rings (SSSR count). The molecule has 2 unspecified atom stereocenters. The second-order valence-electron chi connectivity index (χ2n) is 4.62. The predicted molar refractivity (Wildman–Crippen MR) is 68.9 cm³/mol. The van der Waals surface area contributed by atoms with E-state index in [0.717, 1.165) is 24.3 Å². The first-order valence-corrected chi connectivity index (χ1v) is 7.17. The summed E-state index contributed by atoms with van der Waals surface area (Å²) in [7, 11) is 1.35. The van der Waals surface area contributed by atoms with Gasteiger partial charge in [0.2, 0.25) is 5.91 Å². The standard InChI is InChI=1S/C12H21NO3S/c1-4-6-12(2,11(15)16-3)13-10(14)9-5-7-17-8-9/h9H,4-8H2,1-3H3,(H,13,14). The van der Waals surface area contributed by atoms with Gasteiger partial charge in [-0.05, 0) is 25.5 Å². The number of hydrogen-bond donors (Lipinski definition) is 1. The van der Waals surface area contributed by atoms with Crippen LogP contribution in [-0.4, -0.2) is 36.0 Å². The SMILES string of the molecule is CCCC(C)(NC(=O)C1CCSC1)C(=O)OC. The molecule has 0 radical (unpaired) electrons. The van der Waals surface area contributed by atoms with E-state index in [9.17, 15) is 9.59 Å². The molecule has 98 valence electrons. The van der Waals surface area contributed by atoms with Gasteiger partial charge < -0.3 is 10.1 Å². The van der Waals surface area contributed by atoms with Crippen LogP contribution in [0.3, 0.4) is 0 Å². The average Bonchev–Trinajstić information content (AvgIpc) is 2.81. The van der Waals surface area contributed by atoms with Crippen LogP contribution in [0.25, 0.3) is 0 Å². The zero-order chi connectivity index (χ0) is 12.9. The molecule has 2 atom stereocenters. The van der Waals surface area contributed by atoms with Gasteiger partial charge in [-0.25, -0.2) is 4.79 Å². The van der Waals surface area contributed by atoms with Crippen LogP contribution in [0.1, 0.15) is 33.1 Å². The zero-order valence-electron chi connectivity index (χ0n) is 10.7. The third kappa shape index (κ3) is 3.63. The van der Waals surface area contributed by atoms with E-state index in [-0.39, 0.29) is 17.8 Å². The summed E-state index contributed by atoms with van der Waals surface area (Å²) in [5.74, 6) is 1.55. The maximum Gasteiger partial charge on any atom is 0.331 e. The summed E-state index contributed by atoms with van der Waals surface area (Å²) in [4.78, 5) is 23.8. The predicted octanol–water partition coefficient (Wildman–Crippen LogP) is 1.59. The molecule has 0 spiro atoms. The number of hydrogen-bond acceptors (Lipinski definition) is 4. The van der Waals surface area contributed by atoms with Gasteiger partial charge in [0.1, 0.15) is 5.54 Å². The van der Waals surface area contributed by atoms with Crippen LogP contribution in [0, 0.1) is 5.92 Å². The molecule has 0 saturated carbocycles. The molecule has 0 bridgehead atoms. The van der Waals surface area contributed by atoms with E-state index >= 15 is 0 Å². The smallest absolute Gasteiger partial charge is 0.331 e. The van der Waals surface area contributed by atoms with Crippen LogP contribution in [0.4, 0.5) is 0 Å². The third-order valence-corrected chi connectivity index (χ3v) is 4.25. The van der Waals surface area contributed by atoms with Crippen molar-refractivity contribution in [2.75, 3.05) is 18.6 Å². The van der Waals surface area contributed by atoms with E-state index in [4.69, 9.17) is 4.74 Å². The normalized spacial score (nSPS) is 22.9. The van der Waals surface area contributed by atoms with E-state index in [1.165, 1.54) is 7.11 Å². The van der Waals surface area contributed by atoms with E-state index in [1.807, 2.05) is 6.92 Å². The van der Waals surface area contributed by atoms with Gasteiger partial charge in [-0.1, -0.05) is 13.3 Å². The maximum atomic E-state index is 12.0. The van der Waals surface area contributed by atoms with Crippen molar-refractivity contribution >= 4 is 23.6 Å². The maximum absolute atomic E-state index is 12.0. The third-order valence-electron chi connectivity index (χ3n) is 3.09. The van der Waals surface area contributed by atoms with E-state index in [2.05, 4.69) is 5.32 Å². The molecule has 1 heterocycles. The van der Waals surface area contributed by atoms with Crippen LogP contribution in [0.5, 0.6) is 0 Å². The van der Waals surface area contributed by atoms with Crippen LogP contribution in [0.15, 0.2) is 0 Å². The lowest BCUT2D eigenvalue weighted by molar-refractivity contribution is -0.151. The van der Waals surface area contributed by atoms with Crippen molar-refractivity contribution in [3.63, 3.8) is 0 Å². The Balaban J connectivity index is 2.65. The van der Waals surface area contributed by atoms with Crippen LogP contribution >= 0.6 is 11.8 Å². The van der Waals surface area contributed by atoms with Crippen molar-refractivity contribution in [1.29, 1.82) is 0 Å². The van der Waals surface area contributed by atoms with Crippen LogP contribution in [-0.2, 0) is 14.3 Å². The first-order chi connectivity index (χ1) is 8.03. The molecular weight excluding hydrogens is 238 g/mol. The van der Waals surface area contributed by atoms with E-state index in [0.29, 0.717) is 6.42 Å². The second kappa shape index (κ2) is 6.28. The highest BCUT2D eigenvalue weighted by atomic mass is 32.2. The fourth-order valence-corrected chi connectivity index (χ4v) is 3.28. The highest BCUT2D eigenvalue weighted by Crippen LogP contribution is 2.25. The lowest BCUT2D eigenvalue weighted by Gasteiger charge is -2.28. The number of methoxy groups -OCH3 is 1. The lowest BCUT2D eigenvalue weighted by atomic mass is 9.94. The largest absolute Gasteiger partial charge is 0.467 e. The summed E-state index contributed by atoms with van der Waals surface area (Å²) >= 11 is 1.79. The first kappa shape index (κ1) is 14.4. The number of rotatable bonds is 5. The van der Waals surface area contributed by atoms with Crippen molar-refractivity contribution in [3.05, 3.63) is 0 Å². The molecule has 17 heavy (non-hydrogen) atoms. The molecule has 0 aromatic rings. The van der Waals surface area contributed by atoms with Crippen molar-refractivity contribution in [2.45, 2.75) is 38.6 Å². The van der Waals surface area contributed by atoms with E-state index < -0.39 is 5.54 Å². The summed E-state index contributed by atoms with van der Waals surface area (Å²) < 4.78 is 4.77. The van der Waals surface area contributed by atoms with Crippen molar-refractivity contribution in [3.8, 4) is 0 Å². The van der Waals surface area contributed by atoms with Gasteiger partial charge in [-0.3, -0.25) is 4.79 Å². The quantitative estimate of drug-likeness (QED) is 0.762. The Morgan fingerprint density at radius 2 is 2.24 bits per heavy atom. The molecule has 0 aromatic carbocycles. The highest BCUT2D eigenvalue weighted by molar-refractivity contribution is 7.99. The molecular formula is C12H21NO3S. The van der Waals surface area contributed by atoms with E-state index in [1.54, 1.807) is 18.7 Å². The fourth-order valence-electron chi connectivity index (χ4n) is 2.06. The Morgan fingerprint density at radius 1 is 1.53 bits per heavy atom.